The molecule has 0 aliphatic rings. The van der Waals surface area contributed by atoms with Crippen LogP contribution in [0.2, 0.25) is 10.0 Å². The highest BCUT2D eigenvalue weighted by molar-refractivity contribution is 6.33. The molecule has 0 N–H and O–H groups in total. The van der Waals surface area contributed by atoms with Crippen molar-refractivity contribution in [3.05, 3.63) is 82.8 Å². The fourth-order valence-corrected chi connectivity index (χ4v) is 3.67. The Morgan fingerprint density at radius 2 is 1.72 bits per heavy atom. The summed E-state index contributed by atoms with van der Waals surface area (Å²) in [6.45, 7) is 1.74. The normalized spacial score (nSPS) is 10.8. The molecule has 1 heterocycles. The summed E-state index contributed by atoms with van der Waals surface area (Å²) in [5, 5.41) is 5.91. The van der Waals surface area contributed by atoms with Crippen LogP contribution in [0.4, 0.5) is 0 Å². The van der Waals surface area contributed by atoms with E-state index in [0.717, 1.165) is 22.7 Å². The molecule has 0 amide bonds. The Labute approximate surface area is 196 Å². The van der Waals surface area contributed by atoms with E-state index in [9.17, 15) is 4.79 Å². The van der Waals surface area contributed by atoms with Crippen LogP contribution in [0.5, 0.6) is 11.5 Å². The van der Waals surface area contributed by atoms with Gasteiger partial charge in [-0.1, -0.05) is 48.3 Å². The number of nitrogens with zero attached hydrogens (tertiary/aromatic N) is 2. The number of methoxy groups -OCH3 is 1. The number of ether oxygens (including phenoxy) is 2. The number of carbonyl (C=O) groups excluding carboxylic acids is 1. The number of hydrogen-bond donors (Lipinski definition) is 0. The highest BCUT2D eigenvalue weighted by Gasteiger charge is 2.20. The Kier molecular flexibility index (Phi) is 6.49. The fraction of sp³-hybridized carbons (Fsp3) is 0.120. The molecule has 0 radical (unpaired) electrons. The lowest BCUT2D eigenvalue weighted by Crippen LogP contribution is -2.06. The van der Waals surface area contributed by atoms with Gasteiger partial charge in [-0.25, -0.2) is 4.68 Å². The molecule has 0 unspecified atom stereocenters. The molecule has 0 bridgehead atoms. The minimum atomic E-state index is -0.346. The van der Waals surface area contributed by atoms with E-state index in [2.05, 4.69) is 0 Å². The molecule has 5 nitrogen and oxygen atoms in total. The molecular formula is C25H20Cl2N2O3. The monoisotopic (exact) mass is 466 g/mol. The topological polar surface area (TPSA) is 53.4 Å². The van der Waals surface area contributed by atoms with Gasteiger partial charge in [0.1, 0.15) is 11.5 Å². The maximum absolute atomic E-state index is 12.0. The second-order valence-corrected chi connectivity index (χ2v) is 7.82. The fourth-order valence-electron chi connectivity index (χ4n) is 3.28. The molecule has 0 atom stereocenters. The van der Waals surface area contributed by atoms with Crippen LogP contribution in [0.25, 0.3) is 28.2 Å². The Morgan fingerprint density at radius 3 is 2.38 bits per heavy atom. The van der Waals surface area contributed by atoms with Gasteiger partial charge < -0.3 is 9.47 Å². The number of hydrogen-bond acceptors (Lipinski definition) is 4. The molecule has 4 rings (SSSR count). The molecule has 0 saturated carbocycles. The largest absolute Gasteiger partial charge is 0.497 e. The summed E-state index contributed by atoms with van der Waals surface area (Å²) in [7, 11) is 1.62. The van der Waals surface area contributed by atoms with Crippen LogP contribution in [-0.4, -0.2) is 22.9 Å². The van der Waals surface area contributed by atoms with E-state index >= 15 is 0 Å². The first-order chi connectivity index (χ1) is 15.5. The van der Waals surface area contributed by atoms with E-state index in [-0.39, 0.29) is 12.4 Å². The lowest BCUT2D eigenvalue weighted by molar-refractivity contribution is -0.133. The van der Waals surface area contributed by atoms with E-state index in [4.69, 9.17) is 37.8 Å². The maximum Gasteiger partial charge on any atom is 0.310 e. The Balaban J connectivity index is 1.90. The van der Waals surface area contributed by atoms with E-state index < -0.39 is 0 Å². The van der Waals surface area contributed by atoms with Crippen molar-refractivity contribution in [3.63, 3.8) is 0 Å². The minimum absolute atomic E-state index is 0.252. The van der Waals surface area contributed by atoms with Crippen molar-refractivity contribution >= 4 is 29.2 Å². The van der Waals surface area contributed by atoms with Gasteiger partial charge in [-0.05, 0) is 54.6 Å². The molecule has 0 saturated heterocycles. The Morgan fingerprint density at radius 1 is 1.00 bits per heavy atom. The van der Waals surface area contributed by atoms with Crippen molar-refractivity contribution < 1.29 is 14.3 Å². The average Bonchev–Trinajstić information content (AvgIpc) is 3.24. The highest BCUT2D eigenvalue weighted by Crippen LogP contribution is 2.38. The number of rotatable bonds is 6. The Hall–Kier alpha value is -3.28. The van der Waals surface area contributed by atoms with Crippen molar-refractivity contribution in [2.45, 2.75) is 13.3 Å². The van der Waals surface area contributed by atoms with Crippen LogP contribution < -0.4 is 9.47 Å². The van der Waals surface area contributed by atoms with Gasteiger partial charge in [0, 0.05) is 17.0 Å². The zero-order valence-corrected chi connectivity index (χ0v) is 19.0. The number of benzene rings is 3. The number of halogens is 2. The molecule has 1 aromatic heterocycles. The van der Waals surface area contributed by atoms with Crippen LogP contribution in [0.1, 0.15) is 13.3 Å². The van der Waals surface area contributed by atoms with E-state index in [0.29, 0.717) is 27.1 Å². The van der Waals surface area contributed by atoms with E-state index in [1.54, 1.807) is 32.2 Å². The predicted octanol–water partition coefficient (Wildman–Crippen LogP) is 6.84. The molecule has 0 aliphatic carbocycles. The van der Waals surface area contributed by atoms with Crippen LogP contribution in [0.3, 0.4) is 0 Å². The molecule has 3 aromatic carbocycles. The maximum atomic E-state index is 12.0. The second kappa shape index (κ2) is 9.47. The number of carbonyl (C=O) groups is 1. The third-order valence-corrected chi connectivity index (χ3v) is 5.48. The van der Waals surface area contributed by atoms with Crippen LogP contribution >= 0.6 is 23.2 Å². The van der Waals surface area contributed by atoms with Gasteiger partial charge in [0.15, 0.2) is 0 Å². The summed E-state index contributed by atoms with van der Waals surface area (Å²) >= 11 is 12.6. The van der Waals surface area contributed by atoms with E-state index in [1.807, 2.05) is 59.3 Å². The lowest BCUT2D eigenvalue weighted by atomic mass is 10.1. The zero-order chi connectivity index (χ0) is 22.7. The van der Waals surface area contributed by atoms with Crippen LogP contribution in [-0.2, 0) is 4.79 Å². The highest BCUT2D eigenvalue weighted by atomic mass is 35.5. The first-order valence-electron chi connectivity index (χ1n) is 10.00. The third kappa shape index (κ3) is 4.49. The smallest absolute Gasteiger partial charge is 0.310 e. The second-order valence-electron chi connectivity index (χ2n) is 6.97. The van der Waals surface area contributed by atoms with Gasteiger partial charge in [-0.3, -0.25) is 4.79 Å². The first-order valence-corrected chi connectivity index (χ1v) is 10.8. The van der Waals surface area contributed by atoms with Crippen molar-refractivity contribution in [2.24, 2.45) is 0 Å². The first kappa shape index (κ1) is 21.9. The summed E-state index contributed by atoms with van der Waals surface area (Å²) in [4.78, 5) is 12.0. The van der Waals surface area contributed by atoms with Crippen molar-refractivity contribution in [1.82, 2.24) is 9.78 Å². The van der Waals surface area contributed by atoms with Crippen molar-refractivity contribution in [1.29, 1.82) is 0 Å². The summed E-state index contributed by atoms with van der Waals surface area (Å²) in [6.07, 6.45) is 0.252. The molecule has 0 aliphatic heterocycles. The van der Waals surface area contributed by atoms with Gasteiger partial charge in [-0.15, -0.1) is 0 Å². The molecule has 4 aromatic rings. The van der Waals surface area contributed by atoms with Crippen molar-refractivity contribution in [3.8, 4) is 39.7 Å². The molecule has 162 valence electrons. The number of aromatic nitrogens is 2. The van der Waals surface area contributed by atoms with Crippen LogP contribution in [0, 0.1) is 0 Å². The average molecular weight is 467 g/mol. The predicted molar refractivity (Wildman–Crippen MR) is 127 cm³/mol. The van der Waals surface area contributed by atoms with Gasteiger partial charge >= 0.3 is 5.97 Å². The summed E-state index contributed by atoms with van der Waals surface area (Å²) in [5.41, 5.74) is 3.72. The van der Waals surface area contributed by atoms with Crippen LogP contribution in [0.15, 0.2) is 72.8 Å². The molecule has 32 heavy (non-hydrogen) atoms. The standard InChI is InChI=1S/C25H20Cl2N2O3/c1-3-24(30)32-23-6-4-5-20(27)25(23)21-15-22(16-7-9-17(26)10-8-16)29(28-21)18-11-13-19(31-2)14-12-18/h4-15H,3H2,1-2H3. The van der Waals surface area contributed by atoms with Gasteiger partial charge in [0.2, 0.25) is 0 Å². The molecular weight excluding hydrogens is 447 g/mol. The molecule has 0 spiro atoms. The molecule has 7 heteroatoms. The van der Waals surface area contributed by atoms with Gasteiger partial charge in [0.25, 0.3) is 0 Å². The summed E-state index contributed by atoms with van der Waals surface area (Å²) < 4.78 is 12.6. The Bertz CT molecular complexity index is 1250. The zero-order valence-electron chi connectivity index (χ0n) is 17.5. The quantitative estimate of drug-likeness (QED) is 0.230. The number of esters is 1. The summed E-state index contributed by atoms with van der Waals surface area (Å²) in [6, 6.07) is 22.2. The molecule has 0 fully saturated rings. The lowest BCUT2D eigenvalue weighted by Gasteiger charge is -2.10. The summed E-state index contributed by atoms with van der Waals surface area (Å²) in [5.74, 6) is 0.765. The third-order valence-electron chi connectivity index (χ3n) is 4.91. The minimum Gasteiger partial charge on any atom is -0.497 e. The van der Waals surface area contributed by atoms with E-state index in [1.165, 1.54) is 0 Å². The van der Waals surface area contributed by atoms with Crippen molar-refractivity contribution in [2.75, 3.05) is 7.11 Å². The SMILES string of the molecule is CCC(=O)Oc1cccc(Cl)c1-c1cc(-c2ccc(Cl)cc2)n(-c2ccc(OC)cc2)n1. The van der Waals surface area contributed by atoms with Gasteiger partial charge in [0.05, 0.1) is 34.8 Å². The van der Waals surface area contributed by atoms with Gasteiger partial charge in [-0.2, -0.15) is 5.10 Å².